The van der Waals surface area contributed by atoms with Crippen molar-refractivity contribution in [1.29, 1.82) is 0 Å². The molecule has 0 aliphatic carbocycles. The maximum atomic E-state index is 13.9. The van der Waals surface area contributed by atoms with Crippen molar-refractivity contribution in [3.63, 3.8) is 0 Å². The van der Waals surface area contributed by atoms with Gasteiger partial charge in [0.2, 0.25) is 10.0 Å². The molecule has 0 saturated carbocycles. The predicted molar refractivity (Wildman–Crippen MR) is 148 cm³/mol. The molecule has 4 heterocycles. The van der Waals surface area contributed by atoms with E-state index in [2.05, 4.69) is 9.62 Å². The summed E-state index contributed by atoms with van der Waals surface area (Å²) in [7, 11) is 0.313. The van der Waals surface area contributed by atoms with Gasteiger partial charge in [0.1, 0.15) is 11.6 Å². The van der Waals surface area contributed by atoms with Gasteiger partial charge in [-0.15, -0.1) is 0 Å². The molecule has 3 aromatic rings. The largest absolute Gasteiger partial charge is 0.378 e. The highest BCUT2D eigenvalue weighted by molar-refractivity contribution is 7.92. The van der Waals surface area contributed by atoms with Crippen LogP contribution >= 0.6 is 11.6 Å². The summed E-state index contributed by atoms with van der Waals surface area (Å²) >= 11 is 6.22. The molecule has 38 heavy (non-hydrogen) atoms. The molecule has 13 heteroatoms. The predicted octanol–water partition coefficient (Wildman–Crippen LogP) is 3.02. The second-order valence-corrected chi connectivity index (χ2v) is 12.1. The molecule has 0 bridgehead atoms. The highest BCUT2D eigenvalue weighted by Gasteiger charge is 2.33. The highest BCUT2D eigenvalue weighted by Crippen LogP contribution is 2.35. The number of carbonyl (C=O) groups is 1. The summed E-state index contributed by atoms with van der Waals surface area (Å²) in [5.41, 5.74) is 1.86. The van der Waals surface area contributed by atoms with Crippen molar-refractivity contribution in [2.75, 3.05) is 67.7 Å². The molecular formula is C25H32ClN7O4S. The number of carbonyl (C=O) groups excluding carboxylic acids is 1. The molecular weight excluding hydrogens is 530 g/mol. The molecule has 0 spiro atoms. The van der Waals surface area contributed by atoms with Crippen LogP contribution in [0.3, 0.4) is 0 Å². The van der Waals surface area contributed by atoms with Crippen LogP contribution in [0.15, 0.2) is 30.3 Å². The molecule has 2 aliphatic heterocycles. The summed E-state index contributed by atoms with van der Waals surface area (Å²) in [6.45, 7) is 3.31. The number of benzene rings is 1. The van der Waals surface area contributed by atoms with Gasteiger partial charge in [0.15, 0.2) is 5.65 Å². The van der Waals surface area contributed by atoms with E-state index in [0.717, 1.165) is 55.9 Å². The molecule has 11 nitrogen and oxygen atoms in total. The van der Waals surface area contributed by atoms with Gasteiger partial charge in [0.25, 0.3) is 5.91 Å². The van der Waals surface area contributed by atoms with Crippen molar-refractivity contribution >= 4 is 50.5 Å². The Morgan fingerprint density at radius 1 is 1.13 bits per heavy atom. The first-order valence-corrected chi connectivity index (χ1v) is 14.9. The third-order valence-corrected chi connectivity index (χ3v) is 7.65. The van der Waals surface area contributed by atoms with Crippen LogP contribution in [0, 0.1) is 0 Å². The number of halogens is 1. The van der Waals surface area contributed by atoms with E-state index in [4.69, 9.17) is 26.4 Å². The maximum Gasteiger partial charge on any atom is 0.256 e. The van der Waals surface area contributed by atoms with Crippen LogP contribution in [0.25, 0.3) is 5.65 Å². The summed E-state index contributed by atoms with van der Waals surface area (Å²) in [6.07, 6.45) is 3.57. The highest BCUT2D eigenvalue weighted by atomic mass is 35.5. The van der Waals surface area contributed by atoms with Gasteiger partial charge in [0, 0.05) is 50.9 Å². The van der Waals surface area contributed by atoms with Gasteiger partial charge in [-0.2, -0.15) is 9.61 Å². The number of anilines is 3. The summed E-state index contributed by atoms with van der Waals surface area (Å²) in [4.78, 5) is 24.6. The van der Waals surface area contributed by atoms with Gasteiger partial charge in [-0.25, -0.2) is 13.4 Å². The van der Waals surface area contributed by atoms with Crippen molar-refractivity contribution in [3.8, 4) is 0 Å². The number of hydrogen-bond donors (Lipinski definition) is 1. The molecule has 0 unspecified atom stereocenters. The van der Waals surface area contributed by atoms with E-state index in [1.165, 1.54) is 12.1 Å². The zero-order valence-corrected chi connectivity index (χ0v) is 23.3. The third-order valence-electron chi connectivity index (χ3n) is 6.82. The van der Waals surface area contributed by atoms with Crippen molar-refractivity contribution in [3.05, 3.63) is 46.6 Å². The van der Waals surface area contributed by atoms with Crippen molar-refractivity contribution in [2.45, 2.75) is 25.3 Å². The van der Waals surface area contributed by atoms with E-state index in [1.807, 2.05) is 35.6 Å². The fourth-order valence-electron chi connectivity index (χ4n) is 4.99. The monoisotopic (exact) mass is 561 g/mol. The zero-order valence-electron chi connectivity index (χ0n) is 21.7. The number of amides is 1. The van der Waals surface area contributed by atoms with E-state index >= 15 is 0 Å². The quantitative estimate of drug-likeness (QED) is 0.489. The number of likely N-dealkylation sites (tertiary alicyclic amines) is 1. The SMILES string of the molecule is CN(C)c1cc(N2CCOCC2)n2nc([C@H]3CCCCN3C(=O)c3cc(Cl)ccc3NS(C)(=O)=O)cc2n1. The van der Waals surface area contributed by atoms with Crippen LogP contribution in [-0.4, -0.2) is 87.0 Å². The van der Waals surface area contributed by atoms with Gasteiger partial charge in [-0.1, -0.05) is 11.6 Å². The number of sulfonamides is 1. The Labute approximate surface area is 227 Å². The van der Waals surface area contributed by atoms with Crippen LogP contribution in [0.5, 0.6) is 0 Å². The Balaban J connectivity index is 1.55. The van der Waals surface area contributed by atoms with Crippen molar-refractivity contribution in [1.82, 2.24) is 19.5 Å². The van der Waals surface area contributed by atoms with Crippen molar-refractivity contribution in [2.24, 2.45) is 0 Å². The minimum Gasteiger partial charge on any atom is -0.378 e. The molecule has 5 rings (SSSR count). The topological polar surface area (TPSA) is 112 Å². The molecule has 0 radical (unpaired) electrons. The normalized spacial score (nSPS) is 18.6. The Morgan fingerprint density at radius 3 is 2.61 bits per heavy atom. The van der Waals surface area contributed by atoms with Crippen LogP contribution in [0.4, 0.5) is 17.3 Å². The second-order valence-electron chi connectivity index (χ2n) is 9.88. The van der Waals surface area contributed by atoms with Crippen LogP contribution in [-0.2, 0) is 14.8 Å². The first-order chi connectivity index (χ1) is 18.1. The van der Waals surface area contributed by atoms with E-state index in [1.54, 1.807) is 11.0 Å². The zero-order chi connectivity index (χ0) is 27.0. The molecule has 204 valence electrons. The number of ether oxygens (including phenoxy) is 1. The number of piperidine rings is 1. The molecule has 1 amide bonds. The van der Waals surface area contributed by atoms with Gasteiger partial charge in [-0.05, 0) is 37.5 Å². The Hall–Kier alpha value is -3.09. The van der Waals surface area contributed by atoms with Crippen LogP contribution in [0.2, 0.25) is 5.02 Å². The smallest absolute Gasteiger partial charge is 0.256 e. The second kappa shape index (κ2) is 10.6. The van der Waals surface area contributed by atoms with E-state index < -0.39 is 10.0 Å². The van der Waals surface area contributed by atoms with Gasteiger partial charge in [-0.3, -0.25) is 9.52 Å². The average molecular weight is 562 g/mol. The molecule has 2 fully saturated rings. The number of morpholine rings is 1. The first-order valence-electron chi connectivity index (χ1n) is 12.6. The van der Waals surface area contributed by atoms with Crippen molar-refractivity contribution < 1.29 is 17.9 Å². The number of nitrogens with zero attached hydrogens (tertiary/aromatic N) is 6. The Morgan fingerprint density at radius 2 is 1.89 bits per heavy atom. The van der Waals surface area contributed by atoms with Gasteiger partial charge in [0.05, 0.1) is 42.5 Å². The number of rotatable bonds is 6. The maximum absolute atomic E-state index is 13.9. The lowest BCUT2D eigenvalue weighted by molar-refractivity contribution is 0.0607. The molecule has 1 aromatic carbocycles. The van der Waals surface area contributed by atoms with E-state index in [-0.39, 0.29) is 23.2 Å². The minimum absolute atomic E-state index is 0.202. The first kappa shape index (κ1) is 26.5. The number of nitrogens with one attached hydrogen (secondary N) is 1. The average Bonchev–Trinajstić information content (AvgIpc) is 3.32. The fraction of sp³-hybridized carbons (Fsp3) is 0.480. The Kier molecular flexibility index (Phi) is 7.38. The summed E-state index contributed by atoms with van der Waals surface area (Å²) in [5, 5.41) is 5.31. The summed E-state index contributed by atoms with van der Waals surface area (Å²) in [5.74, 6) is 1.45. The van der Waals surface area contributed by atoms with Crippen LogP contribution in [0.1, 0.15) is 41.4 Å². The standard InChI is InChI=1S/C25H32ClN7O4S/c1-30(2)22-16-24(31-10-12-37-13-11-31)33-23(27-22)15-20(28-33)21-6-4-5-9-32(21)25(34)18-14-17(26)7-8-19(18)29-38(3,35)36/h7-8,14-16,21,29H,4-6,9-13H2,1-3H3/t21-/m1/s1. The third kappa shape index (κ3) is 5.52. The molecule has 2 aromatic heterocycles. The number of fused-ring (bicyclic) bond motifs is 1. The number of aromatic nitrogens is 3. The number of hydrogen-bond acceptors (Lipinski definition) is 8. The molecule has 1 atom stereocenters. The van der Waals surface area contributed by atoms with Gasteiger partial charge >= 0.3 is 0 Å². The molecule has 2 saturated heterocycles. The van der Waals surface area contributed by atoms with E-state index in [0.29, 0.717) is 30.4 Å². The summed E-state index contributed by atoms with van der Waals surface area (Å²) < 4.78 is 33.8. The molecule has 1 N–H and O–H groups in total. The molecule has 2 aliphatic rings. The minimum atomic E-state index is -3.59. The lowest BCUT2D eigenvalue weighted by Gasteiger charge is -2.35. The van der Waals surface area contributed by atoms with E-state index in [9.17, 15) is 13.2 Å². The lowest BCUT2D eigenvalue weighted by atomic mass is 9.98. The Bertz CT molecular complexity index is 1450. The summed E-state index contributed by atoms with van der Waals surface area (Å²) in [6, 6.07) is 8.26. The van der Waals surface area contributed by atoms with Crippen LogP contribution < -0.4 is 14.5 Å². The van der Waals surface area contributed by atoms with Gasteiger partial charge < -0.3 is 19.4 Å². The fourth-order valence-corrected chi connectivity index (χ4v) is 5.74. The lowest BCUT2D eigenvalue weighted by Crippen LogP contribution is -2.39.